The molecule has 0 aromatic carbocycles. The van der Waals surface area contributed by atoms with Gasteiger partial charge in [0.05, 0.1) is 11.6 Å². The van der Waals surface area contributed by atoms with E-state index in [0.717, 1.165) is 24.5 Å². The van der Waals surface area contributed by atoms with Gasteiger partial charge in [-0.1, -0.05) is 26.7 Å². The molecule has 0 radical (unpaired) electrons. The highest BCUT2D eigenvalue weighted by atomic mass is 32.1. The minimum Gasteiger partial charge on any atom is -0.481 e. The summed E-state index contributed by atoms with van der Waals surface area (Å²) in [5, 5.41) is 12.3. The number of thiazole rings is 1. The lowest BCUT2D eigenvalue weighted by Gasteiger charge is -2.19. The molecule has 2 amide bonds. The Kier molecular flexibility index (Phi) is 5.98. The van der Waals surface area contributed by atoms with Gasteiger partial charge in [0.1, 0.15) is 0 Å². The van der Waals surface area contributed by atoms with Crippen LogP contribution in [0.25, 0.3) is 0 Å². The zero-order valence-corrected chi connectivity index (χ0v) is 14.8. The summed E-state index contributed by atoms with van der Waals surface area (Å²) in [7, 11) is 1.60. The van der Waals surface area contributed by atoms with E-state index in [1.165, 1.54) is 29.0 Å². The molecule has 2 atom stereocenters. The monoisotopic (exact) mass is 339 g/mol. The summed E-state index contributed by atoms with van der Waals surface area (Å²) in [5.41, 5.74) is 1.11. The second kappa shape index (κ2) is 7.77. The van der Waals surface area contributed by atoms with E-state index < -0.39 is 11.9 Å². The highest BCUT2D eigenvalue weighted by molar-refractivity contribution is 7.15. The predicted octanol–water partition coefficient (Wildman–Crippen LogP) is 3.23. The molecule has 2 unspecified atom stereocenters. The van der Waals surface area contributed by atoms with Gasteiger partial charge in [-0.2, -0.15) is 0 Å². The smallest absolute Gasteiger partial charge is 0.323 e. The van der Waals surface area contributed by atoms with Gasteiger partial charge >= 0.3 is 12.0 Å². The Bertz CT molecular complexity index is 573. The van der Waals surface area contributed by atoms with E-state index in [1.807, 2.05) is 0 Å². The zero-order valence-electron chi connectivity index (χ0n) is 14.0. The van der Waals surface area contributed by atoms with Crippen molar-refractivity contribution >= 4 is 28.5 Å². The molecule has 1 aliphatic carbocycles. The maximum atomic E-state index is 12.1. The lowest BCUT2D eigenvalue weighted by Crippen LogP contribution is -2.36. The molecular weight excluding hydrogens is 314 g/mol. The molecular formula is C16H25N3O3S. The molecule has 1 aromatic heterocycles. The number of urea groups is 1. The lowest BCUT2D eigenvalue weighted by atomic mass is 9.88. The first-order valence-electron chi connectivity index (χ1n) is 8.14. The van der Waals surface area contributed by atoms with Gasteiger partial charge in [0.15, 0.2) is 5.13 Å². The molecule has 1 aliphatic rings. The number of aryl methyl sites for hydroxylation is 1. The van der Waals surface area contributed by atoms with Crippen molar-refractivity contribution in [2.24, 2.45) is 11.8 Å². The van der Waals surface area contributed by atoms with Gasteiger partial charge in [-0.25, -0.2) is 9.78 Å². The van der Waals surface area contributed by atoms with E-state index >= 15 is 0 Å². The van der Waals surface area contributed by atoms with Crippen molar-refractivity contribution in [2.45, 2.75) is 46.0 Å². The van der Waals surface area contributed by atoms with Gasteiger partial charge in [-0.3, -0.25) is 10.1 Å². The van der Waals surface area contributed by atoms with Gasteiger partial charge < -0.3 is 10.0 Å². The van der Waals surface area contributed by atoms with Gasteiger partial charge in [0, 0.05) is 18.5 Å². The number of fused-ring (bicyclic) bond motifs is 1. The fourth-order valence-corrected chi connectivity index (χ4v) is 4.02. The van der Waals surface area contributed by atoms with E-state index in [0.29, 0.717) is 5.13 Å². The summed E-state index contributed by atoms with van der Waals surface area (Å²) in [5.74, 6) is -0.767. The maximum absolute atomic E-state index is 12.1. The van der Waals surface area contributed by atoms with E-state index in [-0.39, 0.29) is 12.6 Å². The van der Waals surface area contributed by atoms with Gasteiger partial charge in [0.25, 0.3) is 0 Å². The van der Waals surface area contributed by atoms with Crippen LogP contribution in [0.1, 0.15) is 43.7 Å². The Balaban J connectivity index is 1.94. The van der Waals surface area contributed by atoms with E-state index in [2.05, 4.69) is 17.2 Å². The highest BCUT2D eigenvalue weighted by Gasteiger charge is 2.23. The van der Waals surface area contributed by atoms with Crippen LogP contribution in [0.2, 0.25) is 0 Å². The highest BCUT2D eigenvalue weighted by Crippen LogP contribution is 2.34. The van der Waals surface area contributed by atoms with Crippen LogP contribution in [0.3, 0.4) is 0 Å². The topological polar surface area (TPSA) is 82.5 Å². The predicted molar refractivity (Wildman–Crippen MR) is 91.0 cm³/mol. The van der Waals surface area contributed by atoms with Crippen molar-refractivity contribution in [3.8, 4) is 0 Å². The number of carbonyl (C=O) groups excluding carboxylic acids is 1. The number of carboxylic acid groups (broad SMARTS) is 1. The number of rotatable bonds is 6. The molecule has 7 heteroatoms. The largest absolute Gasteiger partial charge is 0.481 e. The Morgan fingerprint density at radius 3 is 2.91 bits per heavy atom. The van der Waals surface area contributed by atoms with Crippen molar-refractivity contribution in [1.82, 2.24) is 9.88 Å². The lowest BCUT2D eigenvalue weighted by molar-refractivity contribution is -0.141. The Labute approximate surface area is 140 Å². The molecule has 128 valence electrons. The van der Waals surface area contributed by atoms with Crippen molar-refractivity contribution in [3.05, 3.63) is 10.6 Å². The number of aromatic nitrogens is 1. The fourth-order valence-electron chi connectivity index (χ4n) is 2.91. The van der Waals surface area contributed by atoms with Crippen molar-refractivity contribution in [3.63, 3.8) is 0 Å². The fraction of sp³-hybridized carbons (Fsp3) is 0.688. The van der Waals surface area contributed by atoms with Crippen molar-refractivity contribution in [1.29, 1.82) is 0 Å². The number of carboxylic acids is 1. The van der Waals surface area contributed by atoms with Crippen LogP contribution in [-0.4, -0.2) is 40.6 Å². The number of anilines is 1. The zero-order chi connectivity index (χ0) is 17.0. The molecule has 6 nitrogen and oxygen atoms in total. The molecule has 2 rings (SSSR count). The number of nitrogens with one attached hydrogen (secondary N) is 1. The molecule has 1 heterocycles. The van der Waals surface area contributed by atoms with Crippen LogP contribution in [0.5, 0.6) is 0 Å². The summed E-state index contributed by atoms with van der Waals surface area (Å²) in [6.45, 7) is 3.97. The second-order valence-electron chi connectivity index (χ2n) is 6.34. The standard InChI is InChI=1S/C16H25N3O3S/c1-4-5-11-6-7-12-13(8-11)23-15(17-12)18-16(22)19(3)9-10(2)14(20)21/h10-11H,4-9H2,1-3H3,(H,20,21)(H,17,18,22). The molecule has 0 aliphatic heterocycles. The van der Waals surface area contributed by atoms with Crippen molar-refractivity contribution < 1.29 is 14.7 Å². The van der Waals surface area contributed by atoms with Crippen LogP contribution < -0.4 is 5.32 Å². The molecule has 23 heavy (non-hydrogen) atoms. The minimum atomic E-state index is -0.906. The number of nitrogens with zero attached hydrogens (tertiary/aromatic N) is 2. The van der Waals surface area contributed by atoms with Crippen LogP contribution >= 0.6 is 11.3 Å². The van der Waals surface area contributed by atoms with E-state index in [4.69, 9.17) is 5.11 Å². The SMILES string of the molecule is CCCC1CCc2nc(NC(=O)N(C)CC(C)C(=O)O)sc2C1. The second-order valence-corrected chi connectivity index (χ2v) is 7.42. The van der Waals surface area contributed by atoms with Crippen LogP contribution in [-0.2, 0) is 17.6 Å². The molecule has 0 bridgehead atoms. The van der Waals surface area contributed by atoms with E-state index in [1.54, 1.807) is 25.3 Å². The number of hydrogen-bond donors (Lipinski definition) is 2. The average molecular weight is 339 g/mol. The summed E-state index contributed by atoms with van der Waals surface area (Å²) in [4.78, 5) is 30.2. The third-order valence-electron chi connectivity index (χ3n) is 4.27. The molecule has 1 aromatic rings. The van der Waals surface area contributed by atoms with E-state index in [9.17, 15) is 9.59 Å². The quantitative estimate of drug-likeness (QED) is 0.833. The first-order chi connectivity index (χ1) is 10.9. The third kappa shape index (κ3) is 4.67. The normalized spacial score (nSPS) is 18.1. The summed E-state index contributed by atoms with van der Waals surface area (Å²) in [6, 6.07) is -0.311. The Morgan fingerprint density at radius 2 is 2.26 bits per heavy atom. The minimum absolute atomic E-state index is 0.171. The number of amides is 2. The van der Waals surface area contributed by atoms with Crippen LogP contribution in [0.4, 0.5) is 9.93 Å². The summed E-state index contributed by atoms with van der Waals surface area (Å²) >= 11 is 1.55. The summed E-state index contributed by atoms with van der Waals surface area (Å²) in [6.07, 6.45) is 5.67. The average Bonchev–Trinajstić information content (AvgIpc) is 2.88. The summed E-state index contributed by atoms with van der Waals surface area (Å²) < 4.78 is 0. The number of carbonyl (C=O) groups is 2. The van der Waals surface area contributed by atoms with Gasteiger partial charge in [-0.05, 0) is 25.2 Å². The molecule has 0 saturated heterocycles. The van der Waals surface area contributed by atoms with Crippen LogP contribution in [0.15, 0.2) is 0 Å². The van der Waals surface area contributed by atoms with Crippen molar-refractivity contribution in [2.75, 3.05) is 18.9 Å². The van der Waals surface area contributed by atoms with Gasteiger partial charge in [-0.15, -0.1) is 11.3 Å². The first-order valence-corrected chi connectivity index (χ1v) is 8.95. The Hall–Kier alpha value is -1.63. The molecule has 0 fully saturated rings. The third-order valence-corrected chi connectivity index (χ3v) is 5.30. The molecule has 0 saturated carbocycles. The molecule has 2 N–H and O–H groups in total. The number of hydrogen-bond acceptors (Lipinski definition) is 4. The number of aliphatic carboxylic acids is 1. The maximum Gasteiger partial charge on any atom is 0.323 e. The van der Waals surface area contributed by atoms with Gasteiger partial charge in [0.2, 0.25) is 0 Å². The first kappa shape index (κ1) is 17.7. The molecule has 0 spiro atoms. The Morgan fingerprint density at radius 1 is 1.52 bits per heavy atom. The van der Waals surface area contributed by atoms with Crippen LogP contribution in [0, 0.1) is 11.8 Å².